The van der Waals surface area contributed by atoms with Gasteiger partial charge in [0.1, 0.15) is 0 Å². The molecular formula is C22H21N3O3. The van der Waals surface area contributed by atoms with E-state index in [1.54, 1.807) is 11.0 Å². The highest BCUT2D eigenvalue weighted by Gasteiger charge is 2.25. The largest absolute Gasteiger partial charge is 0.402 e. The van der Waals surface area contributed by atoms with E-state index in [-0.39, 0.29) is 17.5 Å². The van der Waals surface area contributed by atoms with Gasteiger partial charge in [-0.25, -0.2) is 9.79 Å². The van der Waals surface area contributed by atoms with E-state index in [1.165, 1.54) is 0 Å². The Morgan fingerprint density at radius 1 is 1.04 bits per heavy atom. The van der Waals surface area contributed by atoms with E-state index in [0.29, 0.717) is 12.0 Å². The van der Waals surface area contributed by atoms with Crippen LogP contribution >= 0.6 is 0 Å². The monoisotopic (exact) mass is 375 g/mol. The maximum Gasteiger partial charge on any atom is 0.363 e. The second kappa shape index (κ2) is 7.31. The van der Waals surface area contributed by atoms with Crippen LogP contribution in [0, 0.1) is 0 Å². The number of carbonyl (C=O) groups is 2. The molecule has 28 heavy (non-hydrogen) atoms. The highest BCUT2D eigenvalue weighted by Crippen LogP contribution is 2.24. The first-order valence-electron chi connectivity index (χ1n) is 9.22. The van der Waals surface area contributed by atoms with E-state index >= 15 is 0 Å². The molecule has 0 bridgehead atoms. The molecule has 0 N–H and O–H groups in total. The molecule has 0 radical (unpaired) electrons. The van der Waals surface area contributed by atoms with E-state index in [4.69, 9.17) is 4.74 Å². The van der Waals surface area contributed by atoms with Crippen LogP contribution in [0.4, 0.5) is 11.4 Å². The number of carbonyl (C=O) groups excluding carboxylic acids is 2. The first kappa shape index (κ1) is 18.0. The van der Waals surface area contributed by atoms with Crippen LogP contribution in [0.25, 0.3) is 6.08 Å². The summed E-state index contributed by atoms with van der Waals surface area (Å²) >= 11 is 0. The van der Waals surface area contributed by atoms with Crippen LogP contribution in [-0.4, -0.2) is 38.4 Å². The molecule has 1 saturated heterocycles. The fourth-order valence-electron chi connectivity index (χ4n) is 3.26. The predicted molar refractivity (Wildman–Crippen MR) is 109 cm³/mol. The fraction of sp³-hybridized carbons (Fsp3) is 0.227. The van der Waals surface area contributed by atoms with Gasteiger partial charge < -0.3 is 14.5 Å². The van der Waals surface area contributed by atoms with Crippen molar-refractivity contribution in [2.75, 3.05) is 30.4 Å². The number of esters is 1. The summed E-state index contributed by atoms with van der Waals surface area (Å²) in [4.78, 5) is 32.2. The zero-order chi connectivity index (χ0) is 19.7. The van der Waals surface area contributed by atoms with Crippen molar-refractivity contribution >= 4 is 35.2 Å². The van der Waals surface area contributed by atoms with Gasteiger partial charge in [-0.15, -0.1) is 0 Å². The van der Waals surface area contributed by atoms with E-state index in [1.807, 2.05) is 67.5 Å². The molecule has 2 heterocycles. The van der Waals surface area contributed by atoms with Gasteiger partial charge in [-0.05, 0) is 54.5 Å². The number of amides is 1. The van der Waals surface area contributed by atoms with Gasteiger partial charge >= 0.3 is 5.97 Å². The van der Waals surface area contributed by atoms with E-state index in [0.717, 1.165) is 29.9 Å². The third-order valence-electron chi connectivity index (χ3n) is 4.83. The molecular weight excluding hydrogens is 354 g/mol. The number of rotatable bonds is 4. The molecule has 0 unspecified atom stereocenters. The van der Waals surface area contributed by atoms with Crippen LogP contribution in [0.2, 0.25) is 0 Å². The lowest BCUT2D eigenvalue weighted by Gasteiger charge is -2.15. The molecule has 6 heteroatoms. The highest BCUT2D eigenvalue weighted by atomic mass is 16.6. The molecule has 0 aromatic heterocycles. The molecule has 0 atom stereocenters. The topological polar surface area (TPSA) is 62.2 Å². The summed E-state index contributed by atoms with van der Waals surface area (Å²) in [6.45, 7) is 0.744. The maximum absolute atomic E-state index is 12.2. The molecule has 2 aliphatic heterocycles. The molecule has 2 aromatic rings. The van der Waals surface area contributed by atoms with Gasteiger partial charge in [-0.3, -0.25) is 4.79 Å². The standard InChI is InChI=1S/C22H21N3O3/c1-24(2)17-9-5-15(6-10-17)14-19-22(27)28-21(23-19)16-7-11-18(12-8-16)25-13-3-4-20(25)26/h5-12,14H,3-4,13H2,1-2H3/b19-14-. The van der Waals surface area contributed by atoms with E-state index in [9.17, 15) is 9.59 Å². The second-order valence-corrected chi connectivity index (χ2v) is 7.02. The van der Waals surface area contributed by atoms with Crippen LogP contribution < -0.4 is 9.80 Å². The van der Waals surface area contributed by atoms with Crippen LogP contribution in [0.15, 0.2) is 59.2 Å². The summed E-state index contributed by atoms with van der Waals surface area (Å²) < 4.78 is 5.33. The highest BCUT2D eigenvalue weighted by molar-refractivity contribution is 6.13. The van der Waals surface area contributed by atoms with Crippen molar-refractivity contribution in [1.82, 2.24) is 0 Å². The summed E-state index contributed by atoms with van der Waals surface area (Å²) in [6, 6.07) is 15.2. The number of aliphatic imine (C=N–C) groups is 1. The van der Waals surface area contributed by atoms with Crippen LogP contribution in [0.5, 0.6) is 0 Å². The lowest BCUT2D eigenvalue weighted by atomic mass is 10.1. The Balaban J connectivity index is 1.54. The van der Waals surface area contributed by atoms with Crippen molar-refractivity contribution in [3.05, 3.63) is 65.4 Å². The molecule has 6 nitrogen and oxygen atoms in total. The summed E-state index contributed by atoms with van der Waals surface area (Å²) in [5.74, 6) is -0.0474. The second-order valence-electron chi connectivity index (χ2n) is 7.02. The van der Waals surface area contributed by atoms with Gasteiger partial charge in [-0.1, -0.05) is 12.1 Å². The molecule has 2 aliphatic rings. The minimum absolute atomic E-state index is 0.142. The third-order valence-corrected chi connectivity index (χ3v) is 4.83. The van der Waals surface area contributed by atoms with Crippen molar-refractivity contribution in [2.45, 2.75) is 12.8 Å². The molecule has 0 saturated carbocycles. The summed E-state index contributed by atoms with van der Waals surface area (Å²) in [5, 5.41) is 0. The molecule has 1 amide bonds. The zero-order valence-electron chi connectivity index (χ0n) is 15.9. The lowest BCUT2D eigenvalue weighted by molar-refractivity contribution is -0.130. The average molecular weight is 375 g/mol. The normalized spacial score (nSPS) is 17.9. The number of ether oxygens (including phenoxy) is 1. The Morgan fingerprint density at radius 3 is 2.36 bits per heavy atom. The third kappa shape index (κ3) is 3.53. The Bertz CT molecular complexity index is 973. The quantitative estimate of drug-likeness (QED) is 0.608. The van der Waals surface area contributed by atoms with Gasteiger partial charge in [-0.2, -0.15) is 0 Å². The number of hydrogen-bond acceptors (Lipinski definition) is 5. The Morgan fingerprint density at radius 2 is 1.75 bits per heavy atom. The van der Waals surface area contributed by atoms with Gasteiger partial charge in [0.25, 0.3) is 0 Å². The maximum atomic E-state index is 12.2. The van der Waals surface area contributed by atoms with Gasteiger partial charge in [0.2, 0.25) is 11.8 Å². The summed E-state index contributed by atoms with van der Waals surface area (Å²) in [6.07, 6.45) is 3.19. The first-order valence-corrected chi connectivity index (χ1v) is 9.22. The van der Waals surface area contributed by atoms with Crippen molar-refractivity contribution in [2.24, 2.45) is 4.99 Å². The zero-order valence-corrected chi connectivity index (χ0v) is 15.9. The minimum atomic E-state index is -0.467. The smallest absolute Gasteiger partial charge is 0.363 e. The number of nitrogens with zero attached hydrogens (tertiary/aromatic N) is 3. The molecule has 2 aromatic carbocycles. The van der Waals surface area contributed by atoms with Crippen molar-refractivity contribution in [3.63, 3.8) is 0 Å². The Kier molecular flexibility index (Phi) is 4.69. The van der Waals surface area contributed by atoms with Crippen molar-refractivity contribution in [3.8, 4) is 0 Å². The molecule has 0 aliphatic carbocycles. The molecule has 1 fully saturated rings. The molecule has 0 spiro atoms. The van der Waals surface area contributed by atoms with E-state index < -0.39 is 5.97 Å². The average Bonchev–Trinajstić information content (AvgIpc) is 3.28. The van der Waals surface area contributed by atoms with Gasteiger partial charge in [0.05, 0.1) is 0 Å². The lowest BCUT2D eigenvalue weighted by Crippen LogP contribution is -2.23. The number of anilines is 2. The minimum Gasteiger partial charge on any atom is -0.402 e. The van der Waals surface area contributed by atoms with Crippen LogP contribution in [-0.2, 0) is 14.3 Å². The molecule has 4 rings (SSSR count). The van der Waals surface area contributed by atoms with Crippen LogP contribution in [0.3, 0.4) is 0 Å². The summed E-state index contributed by atoms with van der Waals surface area (Å²) in [5.41, 5.74) is 3.79. The number of hydrogen-bond donors (Lipinski definition) is 0. The molecule has 142 valence electrons. The number of cyclic esters (lactones) is 1. The fourth-order valence-corrected chi connectivity index (χ4v) is 3.26. The number of benzene rings is 2. The SMILES string of the molecule is CN(C)c1ccc(/C=C2\N=C(c3ccc(N4CCCC4=O)cc3)OC2=O)cc1. The van der Waals surface area contributed by atoms with Crippen molar-refractivity contribution in [1.29, 1.82) is 0 Å². The van der Waals surface area contributed by atoms with Gasteiger partial charge in [0.15, 0.2) is 5.70 Å². The van der Waals surface area contributed by atoms with Gasteiger partial charge in [0, 0.05) is 44.0 Å². The Hall–Kier alpha value is -3.41. The van der Waals surface area contributed by atoms with Crippen molar-refractivity contribution < 1.29 is 14.3 Å². The summed E-state index contributed by atoms with van der Waals surface area (Å²) in [7, 11) is 3.95. The van der Waals surface area contributed by atoms with E-state index in [2.05, 4.69) is 4.99 Å². The van der Waals surface area contributed by atoms with Crippen LogP contribution in [0.1, 0.15) is 24.0 Å². The predicted octanol–water partition coefficient (Wildman–Crippen LogP) is 3.22. The Labute approximate surface area is 163 Å². The first-order chi connectivity index (χ1) is 13.5.